The highest BCUT2D eigenvalue weighted by Crippen LogP contribution is 2.44. The molecule has 0 saturated carbocycles. The average molecular weight is 414 g/mol. The Labute approximate surface area is 189 Å². The van der Waals surface area contributed by atoms with Crippen LogP contribution in [0.15, 0.2) is 97.1 Å². The van der Waals surface area contributed by atoms with Crippen molar-refractivity contribution in [2.75, 3.05) is 5.32 Å². The van der Waals surface area contributed by atoms with Gasteiger partial charge in [0.05, 0.1) is 5.54 Å². The third kappa shape index (κ3) is 2.78. The minimum absolute atomic E-state index is 0.157. The lowest BCUT2D eigenvalue weighted by atomic mass is 9.81. The number of nitrogens with one attached hydrogen (secondary N) is 1. The first kappa shape index (κ1) is 19.1. The van der Waals surface area contributed by atoms with Gasteiger partial charge in [0.1, 0.15) is 0 Å². The normalized spacial score (nSPS) is 13.8. The van der Waals surface area contributed by atoms with Gasteiger partial charge in [-0.2, -0.15) is 0 Å². The van der Waals surface area contributed by atoms with Crippen LogP contribution in [-0.4, -0.2) is 0 Å². The predicted molar refractivity (Wildman–Crippen MR) is 140 cm³/mol. The number of benzene rings is 6. The molecule has 1 nitrogen and oxygen atoms in total. The first-order valence-electron chi connectivity index (χ1n) is 11.6. The lowest BCUT2D eigenvalue weighted by Gasteiger charge is -2.34. The first-order valence-corrected chi connectivity index (χ1v) is 11.6. The van der Waals surface area contributed by atoms with Crippen molar-refractivity contribution in [3.8, 4) is 0 Å². The molecule has 1 unspecified atom stereocenters. The number of fused-ring (bicyclic) bond motifs is 2. The second-order valence-electron chi connectivity index (χ2n) is 9.17. The Bertz CT molecular complexity index is 1510. The van der Waals surface area contributed by atoms with Crippen LogP contribution in [0.5, 0.6) is 0 Å². The second kappa shape index (κ2) is 7.24. The van der Waals surface area contributed by atoms with Gasteiger partial charge in [-0.25, -0.2) is 0 Å². The van der Waals surface area contributed by atoms with Gasteiger partial charge in [0.15, 0.2) is 0 Å². The van der Waals surface area contributed by atoms with Gasteiger partial charge in [0.2, 0.25) is 0 Å². The molecule has 0 radical (unpaired) electrons. The van der Waals surface area contributed by atoms with Crippen molar-refractivity contribution >= 4 is 48.8 Å². The Morgan fingerprint density at radius 3 is 1.88 bits per heavy atom. The molecule has 0 aliphatic heterocycles. The number of para-hydroxylation sites is 1. The predicted octanol–water partition coefficient (Wildman–Crippen LogP) is 8.86. The topological polar surface area (TPSA) is 12.0 Å². The van der Waals surface area contributed by atoms with Crippen molar-refractivity contribution in [3.05, 3.63) is 103 Å². The summed E-state index contributed by atoms with van der Waals surface area (Å²) in [7, 11) is 0. The molecule has 32 heavy (non-hydrogen) atoms. The monoisotopic (exact) mass is 413 g/mol. The van der Waals surface area contributed by atoms with E-state index in [0.717, 1.165) is 12.8 Å². The zero-order chi connectivity index (χ0) is 21.7. The van der Waals surface area contributed by atoms with E-state index in [1.54, 1.807) is 0 Å². The molecule has 0 saturated heterocycles. The van der Waals surface area contributed by atoms with Crippen molar-refractivity contribution in [3.63, 3.8) is 0 Å². The highest BCUT2D eigenvalue weighted by Gasteiger charge is 2.28. The Hall–Kier alpha value is -3.58. The molecule has 156 valence electrons. The summed E-state index contributed by atoms with van der Waals surface area (Å²) in [5.41, 5.74) is 2.38. The van der Waals surface area contributed by atoms with E-state index in [1.165, 1.54) is 54.3 Å². The van der Waals surface area contributed by atoms with Crippen molar-refractivity contribution in [1.82, 2.24) is 0 Å². The highest BCUT2D eigenvalue weighted by molar-refractivity contribution is 6.33. The van der Waals surface area contributed by atoms with E-state index in [0.29, 0.717) is 0 Å². The fourth-order valence-electron chi connectivity index (χ4n) is 5.73. The molecular weight excluding hydrogens is 386 g/mol. The second-order valence-corrected chi connectivity index (χ2v) is 9.17. The molecule has 0 fully saturated rings. The van der Waals surface area contributed by atoms with Gasteiger partial charge in [-0.1, -0.05) is 98.3 Å². The smallest absolute Gasteiger partial charge is 0.0603 e. The molecule has 1 atom stereocenters. The minimum atomic E-state index is -0.157. The zero-order valence-corrected chi connectivity index (χ0v) is 18.7. The summed E-state index contributed by atoms with van der Waals surface area (Å²) in [6.07, 6.45) is 2.17. The Morgan fingerprint density at radius 1 is 0.594 bits per heavy atom. The third-order valence-corrected chi connectivity index (χ3v) is 7.06. The van der Waals surface area contributed by atoms with Crippen molar-refractivity contribution in [2.45, 2.75) is 32.2 Å². The summed E-state index contributed by atoms with van der Waals surface area (Å²) in [5, 5.41) is 14.7. The number of hydrogen-bond acceptors (Lipinski definition) is 1. The summed E-state index contributed by atoms with van der Waals surface area (Å²) in [5.74, 6) is 0. The van der Waals surface area contributed by atoms with Gasteiger partial charge in [0.25, 0.3) is 0 Å². The van der Waals surface area contributed by atoms with E-state index >= 15 is 0 Å². The van der Waals surface area contributed by atoms with Gasteiger partial charge in [-0.15, -0.1) is 0 Å². The highest BCUT2D eigenvalue weighted by atomic mass is 15.0. The van der Waals surface area contributed by atoms with Crippen molar-refractivity contribution < 1.29 is 0 Å². The van der Waals surface area contributed by atoms with E-state index in [9.17, 15) is 0 Å². The summed E-state index contributed by atoms with van der Waals surface area (Å²) >= 11 is 0. The molecule has 1 heteroatoms. The Kier molecular flexibility index (Phi) is 4.33. The Balaban J connectivity index is 1.69. The lowest BCUT2D eigenvalue weighted by molar-refractivity contribution is 0.492. The van der Waals surface area contributed by atoms with Crippen molar-refractivity contribution in [2.24, 2.45) is 0 Å². The van der Waals surface area contributed by atoms with Crippen LogP contribution >= 0.6 is 0 Å². The Morgan fingerprint density at radius 2 is 1.19 bits per heavy atom. The standard InChI is InChI=1S/C31H27N/c1-3-20-31(2,32-22-12-5-4-6-13-22)28-19-18-26-24-15-8-11-21-10-7-14-23(29(21)24)25-16-9-17-27(28)30(25)26/h4-19,32H,3,20H2,1-2H3. The fourth-order valence-corrected chi connectivity index (χ4v) is 5.73. The molecule has 0 aromatic heterocycles. The summed E-state index contributed by atoms with van der Waals surface area (Å²) in [6, 6.07) is 35.5. The maximum absolute atomic E-state index is 3.88. The summed E-state index contributed by atoms with van der Waals surface area (Å²) in [6.45, 7) is 4.62. The third-order valence-electron chi connectivity index (χ3n) is 7.06. The molecule has 6 aromatic rings. The maximum Gasteiger partial charge on any atom is 0.0603 e. The quantitative estimate of drug-likeness (QED) is 0.220. The van der Waals surface area contributed by atoms with E-state index in [1.807, 2.05) is 0 Å². The molecule has 0 heterocycles. The maximum atomic E-state index is 3.88. The molecule has 0 spiro atoms. The van der Waals surface area contributed by atoms with Gasteiger partial charge in [-0.05, 0) is 74.1 Å². The first-order chi connectivity index (χ1) is 15.7. The fraction of sp³-hybridized carbons (Fsp3) is 0.161. The van der Waals surface area contributed by atoms with Crippen molar-refractivity contribution in [1.29, 1.82) is 0 Å². The van der Waals surface area contributed by atoms with Crippen LogP contribution in [0.3, 0.4) is 0 Å². The largest absolute Gasteiger partial charge is 0.376 e. The number of anilines is 1. The van der Waals surface area contributed by atoms with Gasteiger partial charge < -0.3 is 5.32 Å². The van der Waals surface area contributed by atoms with Crippen LogP contribution in [0.25, 0.3) is 43.1 Å². The lowest BCUT2D eigenvalue weighted by Crippen LogP contribution is -2.32. The average Bonchev–Trinajstić information content (AvgIpc) is 2.83. The molecule has 0 bridgehead atoms. The van der Waals surface area contributed by atoms with Gasteiger partial charge in [0, 0.05) is 5.69 Å². The van der Waals surface area contributed by atoms with E-state index in [2.05, 4.69) is 116 Å². The molecule has 0 aliphatic carbocycles. The molecule has 0 aliphatic rings. The SMILES string of the molecule is CCCC(C)(Nc1ccccc1)c1ccc2c3cccc4cccc(c5cccc1c52)c43. The van der Waals surface area contributed by atoms with E-state index in [-0.39, 0.29) is 5.54 Å². The number of hydrogen-bond donors (Lipinski definition) is 1. The van der Waals surface area contributed by atoms with Crippen LogP contribution < -0.4 is 5.32 Å². The summed E-state index contributed by atoms with van der Waals surface area (Å²) in [4.78, 5) is 0. The molecule has 0 amide bonds. The zero-order valence-electron chi connectivity index (χ0n) is 18.7. The number of rotatable bonds is 5. The molecule has 6 aromatic carbocycles. The van der Waals surface area contributed by atoms with Gasteiger partial charge >= 0.3 is 0 Å². The molecule has 1 N–H and O–H groups in total. The van der Waals surface area contributed by atoms with Crippen LogP contribution in [-0.2, 0) is 5.54 Å². The van der Waals surface area contributed by atoms with Gasteiger partial charge in [-0.3, -0.25) is 0 Å². The summed E-state index contributed by atoms with van der Waals surface area (Å²) < 4.78 is 0. The van der Waals surface area contributed by atoms with Crippen LogP contribution in [0.1, 0.15) is 32.3 Å². The van der Waals surface area contributed by atoms with Crippen LogP contribution in [0, 0.1) is 0 Å². The minimum Gasteiger partial charge on any atom is -0.376 e. The van der Waals surface area contributed by atoms with Crippen LogP contribution in [0.4, 0.5) is 5.69 Å². The molecule has 6 rings (SSSR count). The van der Waals surface area contributed by atoms with Crippen LogP contribution in [0.2, 0.25) is 0 Å². The van der Waals surface area contributed by atoms with E-state index < -0.39 is 0 Å². The molecular formula is C31H27N. The van der Waals surface area contributed by atoms with E-state index in [4.69, 9.17) is 0 Å².